The summed E-state index contributed by atoms with van der Waals surface area (Å²) in [6.07, 6.45) is 3.75. The van der Waals surface area contributed by atoms with Crippen LogP contribution in [-0.4, -0.2) is 13.2 Å². The van der Waals surface area contributed by atoms with E-state index in [0.717, 1.165) is 30.7 Å². The molecular formula is C13H16FNO. The fraction of sp³-hybridized carbons (Fsp3) is 0.385. The van der Waals surface area contributed by atoms with Gasteiger partial charge in [0, 0.05) is 18.2 Å². The van der Waals surface area contributed by atoms with Crippen LogP contribution in [0.3, 0.4) is 0 Å². The highest BCUT2D eigenvalue weighted by Crippen LogP contribution is 2.31. The Kier molecular flexibility index (Phi) is 3.57. The maximum absolute atomic E-state index is 13.2. The van der Waals surface area contributed by atoms with Crippen molar-refractivity contribution in [2.24, 2.45) is 0 Å². The predicted molar refractivity (Wildman–Crippen MR) is 62.1 cm³/mol. The fourth-order valence-corrected chi connectivity index (χ4v) is 1.99. The Bertz CT molecular complexity index is 378. The Labute approximate surface area is 95.1 Å². The second kappa shape index (κ2) is 5.12. The Hall–Kier alpha value is -1.35. The molecule has 0 bridgehead atoms. The van der Waals surface area contributed by atoms with Crippen LogP contribution in [0, 0.1) is 5.82 Å². The molecule has 2 nitrogen and oxygen atoms in total. The lowest BCUT2D eigenvalue weighted by atomic mass is 10.0. The molecule has 0 aliphatic carbocycles. The number of nitrogens with one attached hydrogen (secondary N) is 1. The molecule has 1 aliphatic rings. The molecule has 3 heteroatoms. The van der Waals surface area contributed by atoms with Crippen LogP contribution in [0.15, 0.2) is 30.9 Å². The average Bonchev–Trinajstić information content (AvgIpc) is 2.48. The molecule has 1 N–H and O–H groups in total. The van der Waals surface area contributed by atoms with Crippen LogP contribution in [0.1, 0.15) is 24.4 Å². The first kappa shape index (κ1) is 11.1. The van der Waals surface area contributed by atoms with Crippen molar-refractivity contribution in [2.75, 3.05) is 13.2 Å². The molecule has 1 aliphatic heterocycles. The molecule has 1 heterocycles. The second-order valence-electron chi connectivity index (χ2n) is 3.92. The normalized spacial score (nSPS) is 19.4. The van der Waals surface area contributed by atoms with Crippen LogP contribution in [0.2, 0.25) is 0 Å². The third kappa shape index (κ3) is 2.42. The van der Waals surface area contributed by atoms with E-state index in [0.29, 0.717) is 6.61 Å². The molecular weight excluding hydrogens is 205 g/mol. The van der Waals surface area contributed by atoms with E-state index in [2.05, 4.69) is 11.9 Å². The zero-order valence-electron chi connectivity index (χ0n) is 9.21. The van der Waals surface area contributed by atoms with E-state index in [1.165, 1.54) is 6.07 Å². The number of ether oxygens (including phenoxy) is 1. The van der Waals surface area contributed by atoms with Gasteiger partial charge in [-0.3, -0.25) is 0 Å². The topological polar surface area (TPSA) is 21.3 Å². The van der Waals surface area contributed by atoms with Gasteiger partial charge in [-0.2, -0.15) is 0 Å². The number of rotatable bonds is 3. The zero-order valence-corrected chi connectivity index (χ0v) is 9.21. The maximum Gasteiger partial charge on any atom is 0.124 e. The molecule has 0 saturated carbocycles. The standard InChI is InChI=1S/C13H16FNO/c1-2-7-15-12-4-3-8-16-13-6-5-10(14)9-11(12)13/h2,5-6,9,12,15H,1,3-4,7-8H2. The predicted octanol–water partition coefficient (Wildman–Crippen LogP) is 2.82. The van der Waals surface area contributed by atoms with Gasteiger partial charge in [-0.1, -0.05) is 6.08 Å². The molecule has 16 heavy (non-hydrogen) atoms. The van der Waals surface area contributed by atoms with Crippen LogP contribution in [0.4, 0.5) is 4.39 Å². The van der Waals surface area contributed by atoms with Crippen molar-refractivity contribution in [1.82, 2.24) is 5.32 Å². The number of hydrogen-bond donors (Lipinski definition) is 1. The first-order valence-electron chi connectivity index (χ1n) is 5.58. The summed E-state index contributed by atoms with van der Waals surface area (Å²) in [5.41, 5.74) is 0.916. The summed E-state index contributed by atoms with van der Waals surface area (Å²) >= 11 is 0. The van der Waals surface area contributed by atoms with E-state index < -0.39 is 0 Å². The summed E-state index contributed by atoms with van der Waals surface area (Å²) in [6.45, 7) is 5.10. The minimum Gasteiger partial charge on any atom is -0.493 e. The first-order valence-corrected chi connectivity index (χ1v) is 5.58. The number of fused-ring (bicyclic) bond motifs is 1. The van der Waals surface area contributed by atoms with Gasteiger partial charge < -0.3 is 10.1 Å². The van der Waals surface area contributed by atoms with Crippen LogP contribution >= 0.6 is 0 Å². The molecule has 1 atom stereocenters. The van der Waals surface area contributed by atoms with Crippen LogP contribution in [-0.2, 0) is 0 Å². The van der Waals surface area contributed by atoms with Gasteiger partial charge in [0.05, 0.1) is 6.61 Å². The molecule has 0 radical (unpaired) electrons. The van der Waals surface area contributed by atoms with Crippen molar-refractivity contribution in [3.8, 4) is 5.75 Å². The number of hydrogen-bond acceptors (Lipinski definition) is 2. The molecule has 0 saturated heterocycles. The summed E-state index contributed by atoms with van der Waals surface area (Å²) in [4.78, 5) is 0. The summed E-state index contributed by atoms with van der Waals surface area (Å²) < 4.78 is 18.8. The largest absolute Gasteiger partial charge is 0.493 e. The zero-order chi connectivity index (χ0) is 11.4. The third-order valence-corrected chi connectivity index (χ3v) is 2.75. The monoisotopic (exact) mass is 221 g/mol. The van der Waals surface area contributed by atoms with Crippen molar-refractivity contribution in [3.05, 3.63) is 42.2 Å². The van der Waals surface area contributed by atoms with E-state index in [4.69, 9.17) is 4.74 Å². The molecule has 86 valence electrons. The first-order chi connectivity index (χ1) is 7.81. The van der Waals surface area contributed by atoms with Crippen molar-refractivity contribution >= 4 is 0 Å². The Morgan fingerprint density at radius 1 is 1.56 bits per heavy atom. The quantitative estimate of drug-likeness (QED) is 0.792. The SMILES string of the molecule is C=CCNC1CCCOc2ccc(F)cc21. The highest BCUT2D eigenvalue weighted by molar-refractivity contribution is 5.37. The van der Waals surface area contributed by atoms with Crippen molar-refractivity contribution < 1.29 is 9.13 Å². The van der Waals surface area contributed by atoms with E-state index >= 15 is 0 Å². The van der Waals surface area contributed by atoms with Gasteiger partial charge in [-0.15, -0.1) is 6.58 Å². The maximum atomic E-state index is 13.2. The summed E-state index contributed by atoms with van der Waals surface area (Å²) in [7, 11) is 0. The van der Waals surface area contributed by atoms with Crippen molar-refractivity contribution in [3.63, 3.8) is 0 Å². The van der Waals surface area contributed by atoms with Crippen molar-refractivity contribution in [1.29, 1.82) is 0 Å². The van der Waals surface area contributed by atoms with Gasteiger partial charge in [0.1, 0.15) is 11.6 Å². The minimum absolute atomic E-state index is 0.159. The average molecular weight is 221 g/mol. The summed E-state index contributed by atoms with van der Waals surface area (Å²) in [6, 6.07) is 4.86. The van der Waals surface area contributed by atoms with Crippen molar-refractivity contribution in [2.45, 2.75) is 18.9 Å². The molecule has 1 aromatic carbocycles. The smallest absolute Gasteiger partial charge is 0.124 e. The van der Waals surface area contributed by atoms with Crippen LogP contribution in [0.5, 0.6) is 5.75 Å². The van der Waals surface area contributed by atoms with Gasteiger partial charge in [0.2, 0.25) is 0 Å². The Morgan fingerprint density at radius 2 is 2.44 bits per heavy atom. The Balaban J connectivity index is 2.27. The second-order valence-corrected chi connectivity index (χ2v) is 3.92. The lowest BCUT2D eigenvalue weighted by molar-refractivity contribution is 0.315. The highest BCUT2D eigenvalue weighted by atomic mass is 19.1. The highest BCUT2D eigenvalue weighted by Gasteiger charge is 2.19. The summed E-state index contributed by atoms with van der Waals surface area (Å²) in [5, 5.41) is 3.33. The molecule has 0 amide bonds. The van der Waals surface area contributed by atoms with Crippen LogP contribution < -0.4 is 10.1 Å². The molecule has 0 spiro atoms. The molecule has 0 fully saturated rings. The van der Waals surface area contributed by atoms with E-state index in [9.17, 15) is 4.39 Å². The lowest BCUT2D eigenvalue weighted by Gasteiger charge is -2.17. The van der Waals surface area contributed by atoms with E-state index in [1.54, 1.807) is 12.1 Å². The van der Waals surface area contributed by atoms with Gasteiger partial charge in [0.15, 0.2) is 0 Å². The van der Waals surface area contributed by atoms with Gasteiger partial charge >= 0.3 is 0 Å². The molecule has 2 rings (SSSR count). The third-order valence-electron chi connectivity index (χ3n) is 2.75. The number of halogens is 1. The summed E-state index contributed by atoms with van der Waals surface area (Å²) in [5.74, 6) is 0.579. The van der Waals surface area contributed by atoms with Gasteiger partial charge in [0.25, 0.3) is 0 Å². The van der Waals surface area contributed by atoms with E-state index in [-0.39, 0.29) is 11.9 Å². The van der Waals surface area contributed by atoms with Crippen LogP contribution in [0.25, 0.3) is 0 Å². The fourth-order valence-electron chi connectivity index (χ4n) is 1.99. The van der Waals surface area contributed by atoms with E-state index in [1.807, 2.05) is 6.08 Å². The lowest BCUT2D eigenvalue weighted by Crippen LogP contribution is -2.21. The minimum atomic E-state index is -0.213. The van der Waals surface area contributed by atoms with Gasteiger partial charge in [-0.05, 0) is 31.0 Å². The molecule has 0 aromatic heterocycles. The molecule has 1 aromatic rings. The molecule has 1 unspecified atom stereocenters. The Morgan fingerprint density at radius 3 is 3.25 bits per heavy atom. The number of benzene rings is 1. The van der Waals surface area contributed by atoms with Gasteiger partial charge in [-0.25, -0.2) is 4.39 Å².